The molecule has 1 aromatic heterocycles. The van der Waals surface area contributed by atoms with Gasteiger partial charge in [0.1, 0.15) is 11.7 Å². The standard InChI is InChI=1S/C29H33ClFN7O/c1-36-12-14-37(15-13-36)23-5-2-21(3-6-23)34-28-32-17-25(31)27(35-28)33-22-4-7-24-26(16-22)38(18-20(30)19-39)11-10-29(24)8-9-29/h2-7,16-17,19-20H,8-15,18H2,1H3,(H2,32,33,34,35). The number of hydrogen-bond donors (Lipinski definition) is 2. The van der Waals surface area contributed by atoms with Crippen molar-refractivity contribution in [2.45, 2.75) is 30.1 Å². The van der Waals surface area contributed by atoms with Crippen LogP contribution in [0.4, 0.5) is 38.9 Å². The molecule has 2 N–H and O–H groups in total. The molecule has 1 unspecified atom stereocenters. The molecule has 2 aromatic carbocycles. The van der Waals surface area contributed by atoms with Crippen molar-refractivity contribution in [3.8, 4) is 0 Å². The normalized spacial score (nSPS) is 18.9. The molecule has 6 rings (SSSR count). The fraction of sp³-hybridized carbons (Fsp3) is 0.414. The van der Waals surface area contributed by atoms with Gasteiger partial charge in [0.15, 0.2) is 11.6 Å². The first-order valence-corrected chi connectivity index (χ1v) is 14.0. The first kappa shape index (κ1) is 25.8. The Morgan fingerprint density at radius 2 is 1.77 bits per heavy atom. The Morgan fingerprint density at radius 3 is 2.49 bits per heavy atom. The Balaban J connectivity index is 1.18. The Morgan fingerprint density at radius 1 is 1.03 bits per heavy atom. The van der Waals surface area contributed by atoms with E-state index in [4.69, 9.17) is 11.6 Å². The van der Waals surface area contributed by atoms with Crippen molar-refractivity contribution in [2.75, 3.05) is 66.7 Å². The van der Waals surface area contributed by atoms with Crippen LogP contribution in [-0.4, -0.2) is 72.8 Å². The number of aldehydes is 1. The summed E-state index contributed by atoms with van der Waals surface area (Å²) in [6, 6.07) is 14.2. The van der Waals surface area contributed by atoms with E-state index >= 15 is 0 Å². The van der Waals surface area contributed by atoms with Crippen LogP contribution >= 0.6 is 11.6 Å². The highest BCUT2D eigenvalue weighted by Gasteiger charge is 2.48. The minimum Gasteiger partial charge on any atom is -0.369 e. The van der Waals surface area contributed by atoms with Gasteiger partial charge in [-0.25, -0.2) is 9.37 Å². The molecule has 204 valence electrons. The first-order valence-electron chi connectivity index (χ1n) is 13.5. The van der Waals surface area contributed by atoms with Crippen molar-refractivity contribution in [3.63, 3.8) is 0 Å². The van der Waals surface area contributed by atoms with Gasteiger partial charge in [0.05, 0.1) is 6.20 Å². The number of anilines is 6. The number of carbonyl (C=O) groups is 1. The summed E-state index contributed by atoms with van der Waals surface area (Å²) in [4.78, 5) is 26.6. The molecular formula is C29H33ClFN7O. The summed E-state index contributed by atoms with van der Waals surface area (Å²) in [6.07, 6.45) is 5.34. The maximum Gasteiger partial charge on any atom is 0.229 e. The van der Waals surface area contributed by atoms with Crippen LogP contribution in [0, 0.1) is 5.82 Å². The molecule has 10 heteroatoms. The summed E-state index contributed by atoms with van der Waals surface area (Å²) in [5.41, 5.74) is 5.28. The van der Waals surface area contributed by atoms with Crippen molar-refractivity contribution >= 4 is 52.4 Å². The number of hydrogen-bond acceptors (Lipinski definition) is 8. The van der Waals surface area contributed by atoms with Gasteiger partial charge >= 0.3 is 0 Å². The van der Waals surface area contributed by atoms with E-state index in [1.165, 1.54) is 30.3 Å². The molecule has 2 aliphatic heterocycles. The van der Waals surface area contributed by atoms with Gasteiger partial charge in [0, 0.05) is 62.0 Å². The van der Waals surface area contributed by atoms with Crippen molar-refractivity contribution in [3.05, 3.63) is 60.0 Å². The summed E-state index contributed by atoms with van der Waals surface area (Å²) in [5.74, 6) is -0.146. The lowest BCUT2D eigenvalue weighted by Crippen LogP contribution is -2.44. The molecule has 1 saturated carbocycles. The summed E-state index contributed by atoms with van der Waals surface area (Å²) in [5, 5.41) is 5.74. The third-order valence-electron chi connectivity index (χ3n) is 8.16. The van der Waals surface area contributed by atoms with E-state index in [9.17, 15) is 9.18 Å². The van der Waals surface area contributed by atoms with Gasteiger partial charge in [0.2, 0.25) is 5.95 Å². The van der Waals surface area contributed by atoms with Gasteiger partial charge in [0.25, 0.3) is 0 Å². The number of aromatic nitrogens is 2. The molecule has 3 aromatic rings. The maximum absolute atomic E-state index is 14.8. The average Bonchev–Trinajstić information content (AvgIpc) is 3.73. The lowest BCUT2D eigenvalue weighted by atomic mass is 9.86. The molecule has 3 aliphatic rings. The number of benzene rings is 2. The Hall–Kier alpha value is -3.43. The molecule has 1 atom stereocenters. The fourth-order valence-electron chi connectivity index (χ4n) is 5.64. The maximum atomic E-state index is 14.8. The molecular weight excluding hydrogens is 517 g/mol. The lowest BCUT2D eigenvalue weighted by molar-refractivity contribution is -0.107. The van der Waals surface area contributed by atoms with Crippen LogP contribution < -0.4 is 20.4 Å². The SMILES string of the molecule is CN1CCN(c2ccc(Nc3ncc(F)c(Nc4ccc5c(c4)N(CC(Cl)C=O)CCC54CC4)n3)cc2)CC1. The van der Waals surface area contributed by atoms with Crippen LogP contribution in [0.1, 0.15) is 24.8 Å². The van der Waals surface area contributed by atoms with E-state index in [-0.39, 0.29) is 11.2 Å². The number of carbonyl (C=O) groups excluding carboxylic acids is 1. The zero-order chi connectivity index (χ0) is 27.0. The molecule has 1 aliphatic carbocycles. The number of piperazine rings is 1. The highest BCUT2D eigenvalue weighted by molar-refractivity contribution is 6.27. The number of nitrogens with zero attached hydrogens (tertiary/aromatic N) is 5. The fourth-order valence-corrected chi connectivity index (χ4v) is 5.80. The Labute approximate surface area is 233 Å². The highest BCUT2D eigenvalue weighted by atomic mass is 35.5. The largest absolute Gasteiger partial charge is 0.369 e. The van der Waals surface area contributed by atoms with E-state index in [0.29, 0.717) is 18.2 Å². The molecule has 0 amide bonds. The zero-order valence-electron chi connectivity index (χ0n) is 22.0. The predicted molar refractivity (Wildman–Crippen MR) is 155 cm³/mol. The lowest BCUT2D eigenvalue weighted by Gasteiger charge is -2.37. The second-order valence-corrected chi connectivity index (χ2v) is 11.4. The van der Waals surface area contributed by atoms with Crippen LogP contribution in [0.3, 0.4) is 0 Å². The second kappa shape index (κ2) is 10.6. The molecule has 0 bridgehead atoms. The van der Waals surface area contributed by atoms with Crippen LogP contribution in [0.2, 0.25) is 0 Å². The van der Waals surface area contributed by atoms with Gasteiger partial charge in [-0.2, -0.15) is 4.98 Å². The molecule has 2 fully saturated rings. The number of alkyl halides is 1. The van der Waals surface area contributed by atoms with Gasteiger partial charge < -0.3 is 30.1 Å². The average molecular weight is 550 g/mol. The van der Waals surface area contributed by atoms with E-state index in [1.54, 1.807) is 0 Å². The molecule has 3 heterocycles. The predicted octanol–water partition coefficient (Wildman–Crippen LogP) is 4.90. The van der Waals surface area contributed by atoms with Crippen molar-refractivity contribution in [1.29, 1.82) is 0 Å². The zero-order valence-corrected chi connectivity index (χ0v) is 22.8. The minimum atomic E-state index is -0.578. The van der Waals surface area contributed by atoms with Crippen LogP contribution in [-0.2, 0) is 10.2 Å². The van der Waals surface area contributed by atoms with Crippen LogP contribution in [0.25, 0.3) is 0 Å². The Bertz CT molecular complexity index is 1340. The number of fused-ring (bicyclic) bond motifs is 2. The van der Waals surface area contributed by atoms with Crippen LogP contribution in [0.5, 0.6) is 0 Å². The van der Waals surface area contributed by atoms with Gasteiger partial charge in [-0.3, -0.25) is 0 Å². The second-order valence-electron chi connectivity index (χ2n) is 10.8. The highest BCUT2D eigenvalue weighted by Crippen LogP contribution is 2.56. The van der Waals surface area contributed by atoms with Crippen molar-refractivity contribution in [1.82, 2.24) is 14.9 Å². The number of halogens is 2. The summed E-state index contributed by atoms with van der Waals surface area (Å²) in [6.45, 7) is 5.40. The van der Waals surface area contributed by atoms with Gasteiger partial charge in [-0.1, -0.05) is 6.07 Å². The monoisotopic (exact) mass is 549 g/mol. The van der Waals surface area contributed by atoms with Gasteiger partial charge in [-0.05, 0) is 73.7 Å². The first-order chi connectivity index (χ1) is 18.9. The quantitative estimate of drug-likeness (QED) is 0.303. The van der Waals surface area contributed by atoms with Crippen molar-refractivity contribution < 1.29 is 9.18 Å². The molecule has 1 saturated heterocycles. The number of likely N-dealkylation sites (N-methyl/N-ethyl adjacent to an activating group) is 1. The van der Waals surface area contributed by atoms with E-state index < -0.39 is 11.2 Å². The summed E-state index contributed by atoms with van der Waals surface area (Å²) in [7, 11) is 2.14. The summed E-state index contributed by atoms with van der Waals surface area (Å²) < 4.78 is 14.8. The molecule has 39 heavy (non-hydrogen) atoms. The number of rotatable bonds is 8. The summed E-state index contributed by atoms with van der Waals surface area (Å²) >= 11 is 6.18. The Kier molecular flexibility index (Phi) is 7.03. The molecule has 8 nitrogen and oxygen atoms in total. The van der Waals surface area contributed by atoms with Crippen molar-refractivity contribution in [2.24, 2.45) is 0 Å². The third kappa shape index (κ3) is 5.51. The van der Waals surface area contributed by atoms with E-state index in [2.05, 4.69) is 60.5 Å². The van der Waals surface area contributed by atoms with E-state index in [1.807, 2.05) is 24.3 Å². The molecule has 0 radical (unpaired) electrons. The van der Waals surface area contributed by atoms with Gasteiger partial charge in [-0.15, -0.1) is 11.6 Å². The minimum absolute atomic E-state index is 0.0908. The number of nitrogens with one attached hydrogen (secondary N) is 2. The van der Waals surface area contributed by atoms with E-state index in [0.717, 1.165) is 56.8 Å². The topological polar surface area (TPSA) is 76.6 Å². The smallest absolute Gasteiger partial charge is 0.229 e. The van der Waals surface area contributed by atoms with Crippen LogP contribution in [0.15, 0.2) is 48.7 Å². The third-order valence-corrected chi connectivity index (χ3v) is 8.41. The molecule has 1 spiro atoms.